The van der Waals surface area contributed by atoms with Crippen molar-refractivity contribution < 1.29 is 0 Å². The molecule has 0 aromatic heterocycles. The Morgan fingerprint density at radius 3 is 1.77 bits per heavy atom. The molecule has 0 N–H and O–H groups in total. The summed E-state index contributed by atoms with van der Waals surface area (Å²) in [5.74, 6) is 0. The molecule has 1 heteroatoms. The smallest absolute Gasteiger partial charge is 0.0467 e. The highest BCUT2D eigenvalue weighted by Gasteiger charge is 2.35. The first-order valence-corrected chi connectivity index (χ1v) is 19.6. The molecule has 0 atom stereocenters. The van der Waals surface area contributed by atoms with Crippen LogP contribution in [0.3, 0.4) is 0 Å². The van der Waals surface area contributed by atoms with Crippen molar-refractivity contribution in [1.29, 1.82) is 0 Å². The molecule has 1 nitrogen and oxygen atoms in total. The van der Waals surface area contributed by atoms with E-state index >= 15 is 0 Å². The molecule has 56 heavy (non-hydrogen) atoms. The van der Waals surface area contributed by atoms with Gasteiger partial charge in [0, 0.05) is 22.5 Å². The zero-order valence-corrected chi connectivity index (χ0v) is 31.5. The quantitative estimate of drug-likeness (QED) is 0.161. The first-order chi connectivity index (χ1) is 27.5. The zero-order valence-electron chi connectivity index (χ0n) is 31.5. The second-order valence-electron chi connectivity index (χ2n) is 15.7. The van der Waals surface area contributed by atoms with Crippen molar-refractivity contribution in [3.63, 3.8) is 0 Å². The molecule has 10 aromatic carbocycles. The van der Waals surface area contributed by atoms with Gasteiger partial charge in [-0.1, -0.05) is 172 Å². The second kappa shape index (κ2) is 12.5. The molecular formula is C55H39N. The fraction of sp³-hybridized carbons (Fsp3) is 0.0545. The van der Waals surface area contributed by atoms with E-state index in [9.17, 15) is 0 Å². The third-order valence-electron chi connectivity index (χ3n) is 12.2. The third-order valence-corrected chi connectivity index (χ3v) is 12.2. The van der Waals surface area contributed by atoms with E-state index in [1.54, 1.807) is 0 Å². The van der Waals surface area contributed by atoms with Gasteiger partial charge in [-0.2, -0.15) is 0 Å². The Kier molecular flexibility index (Phi) is 7.28. The summed E-state index contributed by atoms with van der Waals surface area (Å²) in [6.45, 7) is 4.71. The monoisotopic (exact) mass is 713 g/mol. The van der Waals surface area contributed by atoms with Crippen LogP contribution in [0, 0.1) is 0 Å². The largest absolute Gasteiger partial charge is 0.310 e. The maximum atomic E-state index is 2.42. The molecule has 0 saturated carbocycles. The van der Waals surface area contributed by atoms with Crippen LogP contribution in [0.5, 0.6) is 0 Å². The lowest BCUT2D eigenvalue weighted by Crippen LogP contribution is -2.16. The highest BCUT2D eigenvalue weighted by molar-refractivity contribution is 6.29. The fourth-order valence-electron chi connectivity index (χ4n) is 9.46. The van der Waals surface area contributed by atoms with Gasteiger partial charge in [-0.3, -0.25) is 0 Å². The Balaban J connectivity index is 1.07. The third kappa shape index (κ3) is 5.01. The maximum absolute atomic E-state index is 2.42. The van der Waals surface area contributed by atoms with Crippen molar-refractivity contribution in [3.05, 3.63) is 211 Å². The molecule has 0 fully saturated rings. The van der Waals surface area contributed by atoms with E-state index in [0.717, 1.165) is 17.1 Å². The summed E-state index contributed by atoms with van der Waals surface area (Å²) in [6.07, 6.45) is 0. The molecule has 0 saturated heterocycles. The number of anilines is 3. The van der Waals surface area contributed by atoms with Crippen LogP contribution in [-0.2, 0) is 5.41 Å². The van der Waals surface area contributed by atoms with Crippen molar-refractivity contribution in [2.75, 3.05) is 4.90 Å². The summed E-state index contributed by atoms with van der Waals surface area (Å²) in [5.41, 5.74) is 13.6. The van der Waals surface area contributed by atoms with Gasteiger partial charge in [0.1, 0.15) is 0 Å². The number of hydrogen-bond donors (Lipinski definition) is 0. The number of hydrogen-bond acceptors (Lipinski definition) is 1. The molecule has 11 rings (SSSR count). The van der Waals surface area contributed by atoms with Gasteiger partial charge in [0.15, 0.2) is 0 Å². The number of fused-ring (bicyclic) bond motifs is 10. The zero-order chi connectivity index (χ0) is 37.4. The van der Waals surface area contributed by atoms with Gasteiger partial charge in [0.2, 0.25) is 0 Å². The average molecular weight is 714 g/mol. The minimum atomic E-state index is -0.0991. The molecule has 1 aliphatic rings. The number of benzene rings is 10. The Hall–Kier alpha value is -6.96. The lowest BCUT2D eigenvalue weighted by molar-refractivity contribution is 0.660. The lowest BCUT2D eigenvalue weighted by Gasteiger charge is -2.28. The van der Waals surface area contributed by atoms with Crippen LogP contribution < -0.4 is 4.90 Å². The van der Waals surface area contributed by atoms with Crippen molar-refractivity contribution >= 4 is 60.2 Å². The molecule has 0 amide bonds. The number of rotatable bonds is 5. The summed E-state index contributed by atoms with van der Waals surface area (Å²) >= 11 is 0. The Morgan fingerprint density at radius 2 is 0.929 bits per heavy atom. The van der Waals surface area contributed by atoms with Crippen LogP contribution >= 0.6 is 0 Å². The lowest BCUT2D eigenvalue weighted by atomic mass is 9.82. The van der Waals surface area contributed by atoms with Gasteiger partial charge in [0.05, 0.1) is 0 Å². The molecule has 10 aromatic rings. The molecular weight excluding hydrogens is 675 g/mol. The summed E-state index contributed by atoms with van der Waals surface area (Å²) < 4.78 is 0. The van der Waals surface area contributed by atoms with E-state index in [1.165, 1.54) is 87.6 Å². The second-order valence-corrected chi connectivity index (χ2v) is 15.7. The van der Waals surface area contributed by atoms with E-state index in [-0.39, 0.29) is 5.41 Å². The van der Waals surface area contributed by atoms with Gasteiger partial charge < -0.3 is 4.90 Å². The van der Waals surface area contributed by atoms with Crippen LogP contribution in [0.25, 0.3) is 76.5 Å². The molecule has 0 bridgehead atoms. The number of nitrogens with zero attached hydrogens (tertiary/aromatic N) is 1. The van der Waals surface area contributed by atoms with Gasteiger partial charge in [-0.15, -0.1) is 0 Å². The van der Waals surface area contributed by atoms with Crippen molar-refractivity contribution in [2.24, 2.45) is 0 Å². The van der Waals surface area contributed by atoms with Gasteiger partial charge in [-0.05, 0) is 130 Å². The maximum Gasteiger partial charge on any atom is 0.0467 e. The van der Waals surface area contributed by atoms with Crippen molar-refractivity contribution in [2.45, 2.75) is 19.3 Å². The molecule has 0 aliphatic heterocycles. The minimum absolute atomic E-state index is 0.0991. The predicted octanol–water partition coefficient (Wildman–Crippen LogP) is 15.4. The van der Waals surface area contributed by atoms with E-state index in [1.807, 2.05) is 0 Å². The van der Waals surface area contributed by atoms with Crippen molar-refractivity contribution in [1.82, 2.24) is 0 Å². The van der Waals surface area contributed by atoms with E-state index < -0.39 is 0 Å². The highest BCUT2D eigenvalue weighted by atomic mass is 15.1. The van der Waals surface area contributed by atoms with Gasteiger partial charge >= 0.3 is 0 Å². The molecule has 0 heterocycles. The highest BCUT2D eigenvalue weighted by Crippen LogP contribution is 2.51. The summed E-state index contributed by atoms with van der Waals surface area (Å²) in [4.78, 5) is 2.42. The molecule has 1 aliphatic carbocycles. The molecule has 0 radical (unpaired) electrons. The first-order valence-electron chi connectivity index (χ1n) is 19.6. The summed E-state index contributed by atoms with van der Waals surface area (Å²) in [6, 6.07) is 73.9. The fourth-order valence-corrected chi connectivity index (χ4v) is 9.46. The van der Waals surface area contributed by atoms with E-state index in [2.05, 4.69) is 219 Å². The predicted molar refractivity (Wildman–Crippen MR) is 240 cm³/mol. The van der Waals surface area contributed by atoms with Crippen LogP contribution in [0.15, 0.2) is 200 Å². The summed E-state index contributed by atoms with van der Waals surface area (Å²) in [5, 5.41) is 10.3. The molecule has 0 unspecified atom stereocenters. The SMILES string of the molecule is CC1(C)c2ccccc2-c2ccc(N(c3ccc(-c4cc5ccc6ccc7ccccc7c6c5c5ccccc45)cc3)c3cccc(-c4ccccc4)c3)cc21. The van der Waals surface area contributed by atoms with Crippen LogP contribution in [-0.4, -0.2) is 0 Å². The van der Waals surface area contributed by atoms with Crippen LogP contribution in [0.2, 0.25) is 0 Å². The van der Waals surface area contributed by atoms with Crippen LogP contribution in [0.4, 0.5) is 17.1 Å². The Bertz CT molecular complexity index is 3150. The van der Waals surface area contributed by atoms with Crippen molar-refractivity contribution in [3.8, 4) is 33.4 Å². The normalized spacial score (nSPS) is 13.0. The van der Waals surface area contributed by atoms with Crippen LogP contribution in [0.1, 0.15) is 25.0 Å². The van der Waals surface area contributed by atoms with E-state index in [4.69, 9.17) is 0 Å². The Labute approximate surface area is 327 Å². The summed E-state index contributed by atoms with van der Waals surface area (Å²) in [7, 11) is 0. The van der Waals surface area contributed by atoms with Gasteiger partial charge in [0.25, 0.3) is 0 Å². The van der Waals surface area contributed by atoms with Gasteiger partial charge in [-0.25, -0.2) is 0 Å². The molecule has 0 spiro atoms. The topological polar surface area (TPSA) is 3.24 Å². The Morgan fingerprint density at radius 1 is 0.321 bits per heavy atom. The first kappa shape index (κ1) is 32.5. The molecule has 264 valence electrons. The van der Waals surface area contributed by atoms with E-state index in [0.29, 0.717) is 0 Å². The standard InChI is InChI=1S/C55H39N/c1-55(2)51-22-11-10-20-47(51)48-32-31-44(35-52(48)55)56(43-17-12-16-40(33-43)36-13-4-3-5-14-36)42-29-27-38(28-30-42)50-34-41-26-25-39-24-23-37-15-6-7-18-45(37)53(39)54(41)49-21-9-8-19-46(49)50/h3-35H,1-2H3. The minimum Gasteiger partial charge on any atom is -0.310 e. The average Bonchev–Trinajstić information content (AvgIpc) is 3.49.